The number of carboxylic acids is 1. The van der Waals surface area contributed by atoms with Gasteiger partial charge in [-0.15, -0.1) is 11.3 Å². The van der Waals surface area contributed by atoms with Crippen molar-refractivity contribution >= 4 is 57.0 Å². The largest absolute Gasteiger partial charge is 0.476 e. The number of rotatable bonds is 6. The maximum absolute atomic E-state index is 11.5. The Bertz CT molecular complexity index is 1100. The molecule has 8 nitrogen and oxygen atoms in total. The lowest BCUT2D eigenvalue weighted by Gasteiger charge is -2.02. The summed E-state index contributed by atoms with van der Waals surface area (Å²) >= 11 is 13.1. The van der Waals surface area contributed by atoms with E-state index in [9.17, 15) is 20.0 Å². The summed E-state index contributed by atoms with van der Waals surface area (Å²) in [4.78, 5) is 26.1. The number of hydrogen-bond acceptors (Lipinski definition) is 7. The second-order valence-corrected chi connectivity index (χ2v) is 7.02. The van der Waals surface area contributed by atoms with Gasteiger partial charge in [-0.3, -0.25) is 15.5 Å². The van der Waals surface area contributed by atoms with Crippen LogP contribution in [0.15, 0.2) is 52.9 Å². The minimum absolute atomic E-state index is 0.0930. The SMILES string of the molecule is O=C(O)C(=NNc1nc(-c2ccc(Cl)c(Cl)c2)cs1)c1cccc([N+](=O)[O-])c1. The Labute approximate surface area is 172 Å². The highest BCUT2D eigenvalue weighted by atomic mass is 35.5. The second kappa shape index (κ2) is 8.34. The summed E-state index contributed by atoms with van der Waals surface area (Å²) in [5.41, 5.74) is 3.40. The van der Waals surface area contributed by atoms with Crippen LogP contribution < -0.4 is 5.43 Å². The molecule has 0 aliphatic heterocycles. The highest BCUT2D eigenvalue weighted by Gasteiger charge is 2.16. The summed E-state index contributed by atoms with van der Waals surface area (Å²) in [6.07, 6.45) is 0. The van der Waals surface area contributed by atoms with E-state index in [2.05, 4.69) is 15.5 Å². The van der Waals surface area contributed by atoms with Gasteiger partial charge in [0, 0.05) is 28.6 Å². The van der Waals surface area contributed by atoms with Gasteiger partial charge in [-0.05, 0) is 12.1 Å². The van der Waals surface area contributed by atoms with E-state index in [4.69, 9.17) is 23.2 Å². The average Bonchev–Trinajstić information content (AvgIpc) is 3.13. The van der Waals surface area contributed by atoms with Crippen LogP contribution in [0.3, 0.4) is 0 Å². The quantitative estimate of drug-likeness (QED) is 0.321. The first kappa shape index (κ1) is 19.7. The summed E-state index contributed by atoms with van der Waals surface area (Å²) in [5, 5.41) is 27.0. The normalized spacial score (nSPS) is 11.3. The van der Waals surface area contributed by atoms with Crippen molar-refractivity contribution in [1.29, 1.82) is 0 Å². The molecule has 0 aliphatic rings. The van der Waals surface area contributed by atoms with Gasteiger partial charge in [-0.2, -0.15) is 5.10 Å². The number of non-ortho nitro benzene ring substituents is 1. The predicted octanol–water partition coefficient (Wildman–Crippen LogP) is 4.93. The molecule has 142 valence electrons. The van der Waals surface area contributed by atoms with Crippen LogP contribution in [-0.2, 0) is 4.79 Å². The number of carbonyl (C=O) groups is 1. The molecule has 0 amide bonds. The van der Waals surface area contributed by atoms with Gasteiger partial charge >= 0.3 is 5.97 Å². The molecule has 0 radical (unpaired) electrons. The molecule has 3 rings (SSSR count). The van der Waals surface area contributed by atoms with Crippen LogP contribution in [0.2, 0.25) is 10.0 Å². The number of benzene rings is 2. The Balaban J connectivity index is 1.85. The zero-order valence-corrected chi connectivity index (χ0v) is 16.1. The number of aliphatic carboxylic acids is 1. The lowest BCUT2D eigenvalue weighted by Crippen LogP contribution is -2.16. The highest BCUT2D eigenvalue weighted by Crippen LogP contribution is 2.30. The van der Waals surface area contributed by atoms with Gasteiger partial charge in [0.05, 0.1) is 20.7 Å². The first-order valence-electron chi connectivity index (χ1n) is 7.58. The van der Waals surface area contributed by atoms with Gasteiger partial charge in [0.2, 0.25) is 5.13 Å². The molecule has 2 aromatic carbocycles. The molecule has 0 atom stereocenters. The topological polar surface area (TPSA) is 118 Å². The molecular formula is C17H10Cl2N4O4S. The predicted molar refractivity (Wildman–Crippen MR) is 108 cm³/mol. The zero-order valence-electron chi connectivity index (χ0n) is 13.8. The van der Waals surface area contributed by atoms with Crippen LogP contribution in [0.25, 0.3) is 11.3 Å². The van der Waals surface area contributed by atoms with E-state index in [0.717, 1.165) is 11.6 Å². The molecule has 1 aromatic heterocycles. The molecule has 0 unspecified atom stereocenters. The number of anilines is 1. The Hall–Kier alpha value is -3.01. The van der Waals surface area contributed by atoms with E-state index in [1.54, 1.807) is 23.6 Å². The van der Waals surface area contributed by atoms with Crippen LogP contribution >= 0.6 is 34.5 Å². The van der Waals surface area contributed by atoms with Crippen LogP contribution in [-0.4, -0.2) is 26.7 Å². The monoisotopic (exact) mass is 436 g/mol. The average molecular weight is 437 g/mol. The first-order chi connectivity index (χ1) is 13.3. The fraction of sp³-hybridized carbons (Fsp3) is 0. The molecule has 28 heavy (non-hydrogen) atoms. The number of nitro groups is 1. The fourth-order valence-electron chi connectivity index (χ4n) is 2.22. The van der Waals surface area contributed by atoms with Gasteiger partial charge in [0.15, 0.2) is 5.71 Å². The van der Waals surface area contributed by atoms with Crippen LogP contribution in [0, 0.1) is 10.1 Å². The van der Waals surface area contributed by atoms with E-state index in [0.29, 0.717) is 20.9 Å². The summed E-state index contributed by atoms with van der Waals surface area (Å²) in [5.74, 6) is -1.34. The van der Waals surface area contributed by atoms with Crippen molar-refractivity contribution in [2.45, 2.75) is 0 Å². The summed E-state index contributed by atoms with van der Waals surface area (Å²) in [7, 11) is 0. The number of hydrazone groups is 1. The van der Waals surface area contributed by atoms with E-state index < -0.39 is 10.9 Å². The maximum Gasteiger partial charge on any atom is 0.356 e. The molecule has 1 heterocycles. The third-order valence-corrected chi connectivity index (χ3v) is 5.00. The lowest BCUT2D eigenvalue weighted by atomic mass is 10.1. The molecule has 3 aromatic rings. The number of aromatic nitrogens is 1. The molecule has 0 spiro atoms. The van der Waals surface area contributed by atoms with Crippen molar-refractivity contribution < 1.29 is 14.8 Å². The van der Waals surface area contributed by atoms with Crippen molar-refractivity contribution in [3.8, 4) is 11.3 Å². The van der Waals surface area contributed by atoms with Gasteiger partial charge in [0.1, 0.15) is 0 Å². The van der Waals surface area contributed by atoms with Crippen molar-refractivity contribution in [1.82, 2.24) is 4.98 Å². The van der Waals surface area contributed by atoms with Crippen LogP contribution in [0.1, 0.15) is 5.56 Å². The minimum Gasteiger partial charge on any atom is -0.476 e. The number of nitrogens with zero attached hydrogens (tertiary/aromatic N) is 3. The summed E-state index contributed by atoms with van der Waals surface area (Å²) < 4.78 is 0. The maximum atomic E-state index is 11.5. The van der Waals surface area contributed by atoms with Crippen molar-refractivity contribution in [2.24, 2.45) is 5.10 Å². The van der Waals surface area contributed by atoms with Crippen LogP contribution in [0.5, 0.6) is 0 Å². The Morgan fingerprint density at radius 1 is 1.21 bits per heavy atom. The standard InChI is InChI=1S/C17H10Cl2N4O4S/c18-12-5-4-9(7-13(12)19)14-8-28-17(20-14)22-21-15(16(24)25)10-2-1-3-11(6-10)23(26)27/h1-8H,(H,20,22)(H,24,25). The van der Waals surface area contributed by atoms with Gasteiger partial charge in [0.25, 0.3) is 5.69 Å². The van der Waals surface area contributed by atoms with Gasteiger partial charge in [-0.25, -0.2) is 9.78 Å². The Kier molecular flexibility index (Phi) is 5.88. The van der Waals surface area contributed by atoms with Crippen molar-refractivity contribution in [3.63, 3.8) is 0 Å². The lowest BCUT2D eigenvalue weighted by molar-refractivity contribution is -0.384. The molecular weight excluding hydrogens is 427 g/mol. The number of halogens is 2. The molecule has 0 saturated carbocycles. The van der Waals surface area contributed by atoms with Gasteiger partial charge < -0.3 is 5.11 Å². The number of hydrogen-bond donors (Lipinski definition) is 2. The number of nitro benzene ring substituents is 1. The van der Waals surface area contributed by atoms with Gasteiger partial charge in [-0.1, -0.05) is 41.4 Å². The fourth-order valence-corrected chi connectivity index (χ4v) is 3.18. The summed E-state index contributed by atoms with van der Waals surface area (Å²) in [6.45, 7) is 0. The zero-order chi connectivity index (χ0) is 20.3. The Morgan fingerprint density at radius 3 is 2.68 bits per heavy atom. The smallest absolute Gasteiger partial charge is 0.356 e. The summed E-state index contributed by atoms with van der Waals surface area (Å²) in [6, 6.07) is 10.3. The highest BCUT2D eigenvalue weighted by molar-refractivity contribution is 7.14. The first-order valence-corrected chi connectivity index (χ1v) is 9.21. The van der Waals surface area contributed by atoms with E-state index in [1.165, 1.54) is 29.5 Å². The Morgan fingerprint density at radius 2 is 2.00 bits per heavy atom. The minimum atomic E-state index is -1.34. The number of nitrogens with one attached hydrogen (secondary N) is 1. The van der Waals surface area contributed by atoms with Crippen LogP contribution in [0.4, 0.5) is 10.8 Å². The van der Waals surface area contributed by atoms with Crippen molar-refractivity contribution in [3.05, 3.63) is 73.6 Å². The molecule has 0 fully saturated rings. The van der Waals surface area contributed by atoms with E-state index >= 15 is 0 Å². The molecule has 0 saturated heterocycles. The molecule has 11 heteroatoms. The number of thiazole rings is 1. The third-order valence-electron chi connectivity index (χ3n) is 3.52. The third kappa shape index (κ3) is 4.45. The molecule has 2 N–H and O–H groups in total. The molecule has 0 aliphatic carbocycles. The van der Waals surface area contributed by atoms with E-state index in [-0.39, 0.29) is 17.0 Å². The van der Waals surface area contributed by atoms with Crippen molar-refractivity contribution in [2.75, 3.05) is 5.43 Å². The second-order valence-electron chi connectivity index (χ2n) is 5.35. The number of carboxylic acid groups (broad SMARTS) is 1. The molecule has 0 bridgehead atoms. The van der Waals surface area contributed by atoms with E-state index in [1.807, 2.05) is 0 Å².